The minimum absolute atomic E-state index is 0.0735. The summed E-state index contributed by atoms with van der Waals surface area (Å²) < 4.78 is 15.9. The fourth-order valence-corrected chi connectivity index (χ4v) is 3.50. The molecule has 0 bridgehead atoms. The second-order valence-corrected chi connectivity index (χ2v) is 7.61. The van der Waals surface area contributed by atoms with Crippen molar-refractivity contribution in [2.45, 2.75) is 64.2 Å². The van der Waals surface area contributed by atoms with E-state index >= 15 is 0 Å². The van der Waals surface area contributed by atoms with E-state index in [1.807, 2.05) is 26.0 Å². The Kier molecular flexibility index (Phi) is 9.50. The van der Waals surface area contributed by atoms with Gasteiger partial charge in [0.1, 0.15) is 11.2 Å². The summed E-state index contributed by atoms with van der Waals surface area (Å²) in [4.78, 5) is 37.0. The molecular weight excluding hydrogens is 396 g/mol. The van der Waals surface area contributed by atoms with Crippen LogP contribution < -0.4 is 4.74 Å². The molecule has 0 radical (unpaired) electrons. The van der Waals surface area contributed by atoms with Crippen LogP contribution in [0.1, 0.15) is 64.4 Å². The Morgan fingerprint density at radius 2 is 1.77 bits per heavy atom. The number of benzene rings is 1. The number of allylic oxidation sites excluding steroid dienone is 1. The highest BCUT2D eigenvalue weighted by atomic mass is 16.5. The topological polar surface area (TPSA) is 78.9 Å². The fourth-order valence-electron chi connectivity index (χ4n) is 3.50. The highest BCUT2D eigenvalue weighted by molar-refractivity contribution is 5.95. The van der Waals surface area contributed by atoms with Crippen LogP contribution in [0.5, 0.6) is 5.75 Å². The lowest BCUT2D eigenvalue weighted by atomic mass is 9.71. The molecule has 0 spiro atoms. The van der Waals surface area contributed by atoms with E-state index in [4.69, 9.17) is 14.2 Å². The Morgan fingerprint density at radius 1 is 1.10 bits per heavy atom. The van der Waals surface area contributed by atoms with Crippen molar-refractivity contribution in [1.82, 2.24) is 0 Å². The predicted octanol–water partition coefficient (Wildman–Crippen LogP) is 4.81. The van der Waals surface area contributed by atoms with E-state index in [0.29, 0.717) is 42.9 Å². The number of esters is 3. The van der Waals surface area contributed by atoms with Crippen LogP contribution in [-0.4, -0.2) is 31.1 Å². The van der Waals surface area contributed by atoms with E-state index in [9.17, 15) is 14.4 Å². The van der Waals surface area contributed by atoms with Gasteiger partial charge in [0.2, 0.25) is 0 Å². The average Bonchev–Trinajstić information content (AvgIpc) is 3.03. The molecule has 0 fully saturated rings. The van der Waals surface area contributed by atoms with Crippen molar-refractivity contribution in [3.63, 3.8) is 0 Å². The number of ether oxygens (including phenoxy) is 3. The van der Waals surface area contributed by atoms with Crippen molar-refractivity contribution in [1.29, 1.82) is 0 Å². The number of hydrogen-bond donors (Lipinski definition) is 0. The SMILES string of the molecule is C=C(CC(=O)OCCCC)C1(CC/C=C/C(=O)OCCCC)C(=O)Oc2ccccc21. The second-order valence-electron chi connectivity index (χ2n) is 7.61. The van der Waals surface area contributed by atoms with Gasteiger partial charge in [0, 0.05) is 11.6 Å². The van der Waals surface area contributed by atoms with E-state index in [2.05, 4.69) is 6.58 Å². The molecule has 0 aromatic heterocycles. The first-order chi connectivity index (χ1) is 15.0. The molecule has 1 aromatic carbocycles. The maximum absolute atomic E-state index is 13.0. The van der Waals surface area contributed by atoms with Crippen molar-refractivity contribution in [2.75, 3.05) is 13.2 Å². The quantitative estimate of drug-likeness (QED) is 0.147. The highest BCUT2D eigenvalue weighted by Gasteiger charge is 2.50. The number of unbranched alkanes of at least 4 members (excludes halogenated alkanes) is 2. The van der Waals surface area contributed by atoms with E-state index in [1.54, 1.807) is 18.2 Å². The smallest absolute Gasteiger partial charge is 0.330 e. The van der Waals surface area contributed by atoms with Gasteiger partial charge in [0.25, 0.3) is 0 Å². The van der Waals surface area contributed by atoms with Gasteiger partial charge in [-0.2, -0.15) is 0 Å². The Labute approximate surface area is 184 Å². The number of hydrogen-bond acceptors (Lipinski definition) is 6. The summed E-state index contributed by atoms with van der Waals surface area (Å²) in [7, 11) is 0. The second kappa shape index (κ2) is 12.1. The normalized spacial score (nSPS) is 17.3. The van der Waals surface area contributed by atoms with Gasteiger partial charge in [-0.15, -0.1) is 0 Å². The number of fused-ring (bicyclic) bond motifs is 1. The van der Waals surface area contributed by atoms with Crippen molar-refractivity contribution < 1.29 is 28.6 Å². The van der Waals surface area contributed by atoms with Crippen molar-refractivity contribution in [3.05, 3.63) is 54.1 Å². The molecule has 1 aromatic rings. The third-order valence-corrected chi connectivity index (χ3v) is 5.30. The lowest BCUT2D eigenvalue weighted by molar-refractivity contribution is -0.143. The van der Waals surface area contributed by atoms with Gasteiger partial charge in [-0.05, 0) is 37.3 Å². The molecule has 1 atom stereocenters. The molecular formula is C25H32O6. The third-order valence-electron chi connectivity index (χ3n) is 5.30. The molecule has 0 amide bonds. The zero-order valence-corrected chi connectivity index (χ0v) is 18.5. The van der Waals surface area contributed by atoms with Gasteiger partial charge in [-0.3, -0.25) is 9.59 Å². The number of carbonyl (C=O) groups excluding carboxylic acids is 3. The summed E-state index contributed by atoms with van der Waals surface area (Å²) in [6.45, 7) is 8.84. The molecule has 1 aliphatic rings. The summed E-state index contributed by atoms with van der Waals surface area (Å²) in [6.07, 6.45) is 7.19. The van der Waals surface area contributed by atoms with E-state index < -0.39 is 23.3 Å². The maximum Gasteiger partial charge on any atom is 0.330 e. The Hall–Kier alpha value is -2.89. The predicted molar refractivity (Wildman–Crippen MR) is 118 cm³/mol. The van der Waals surface area contributed by atoms with Crippen LogP contribution in [0, 0.1) is 0 Å². The Morgan fingerprint density at radius 3 is 2.48 bits per heavy atom. The lowest BCUT2D eigenvalue weighted by Gasteiger charge is -2.27. The van der Waals surface area contributed by atoms with Crippen molar-refractivity contribution >= 4 is 17.9 Å². The van der Waals surface area contributed by atoms with Crippen LogP contribution in [0.3, 0.4) is 0 Å². The van der Waals surface area contributed by atoms with Gasteiger partial charge in [0.15, 0.2) is 0 Å². The van der Waals surface area contributed by atoms with Crippen LogP contribution in [0.15, 0.2) is 48.6 Å². The van der Waals surface area contributed by atoms with Crippen molar-refractivity contribution in [2.24, 2.45) is 0 Å². The molecule has 1 unspecified atom stereocenters. The van der Waals surface area contributed by atoms with Crippen LogP contribution in [-0.2, 0) is 29.3 Å². The standard InChI is InChI=1S/C25H32O6/c1-4-6-16-29-22(26)14-10-11-15-25(19(3)18-23(27)30-17-7-5-2)20-12-8-9-13-21(20)31-24(25)28/h8-10,12-14H,3-7,11,15-18H2,1-2H3/b14-10+. The highest BCUT2D eigenvalue weighted by Crippen LogP contribution is 2.48. The summed E-state index contributed by atoms with van der Waals surface area (Å²) in [6, 6.07) is 7.15. The van der Waals surface area contributed by atoms with Gasteiger partial charge in [0.05, 0.1) is 19.6 Å². The molecule has 2 rings (SSSR count). The summed E-state index contributed by atoms with van der Waals surface area (Å²) in [5.74, 6) is -0.810. The lowest BCUT2D eigenvalue weighted by Crippen LogP contribution is -2.36. The molecule has 6 nitrogen and oxygen atoms in total. The van der Waals surface area contributed by atoms with E-state index in [1.165, 1.54) is 6.08 Å². The molecule has 0 N–H and O–H groups in total. The summed E-state index contributed by atoms with van der Waals surface area (Å²) >= 11 is 0. The molecule has 0 saturated heterocycles. The zero-order valence-electron chi connectivity index (χ0n) is 18.5. The van der Waals surface area contributed by atoms with Crippen LogP contribution in [0.2, 0.25) is 0 Å². The summed E-state index contributed by atoms with van der Waals surface area (Å²) in [5.41, 5.74) is -0.0373. The third kappa shape index (κ3) is 6.29. The monoisotopic (exact) mass is 428 g/mol. The molecule has 1 aliphatic heterocycles. The van der Waals surface area contributed by atoms with Gasteiger partial charge in [-0.25, -0.2) is 4.79 Å². The number of carbonyl (C=O) groups is 3. The minimum Gasteiger partial charge on any atom is -0.465 e. The first-order valence-corrected chi connectivity index (χ1v) is 10.9. The molecule has 168 valence electrons. The van der Waals surface area contributed by atoms with Crippen molar-refractivity contribution in [3.8, 4) is 5.75 Å². The van der Waals surface area contributed by atoms with E-state index in [-0.39, 0.29) is 6.42 Å². The zero-order chi connectivity index (χ0) is 22.7. The molecule has 0 saturated carbocycles. The van der Waals surface area contributed by atoms with E-state index in [0.717, 1.165) is 25.7 Å². The van der Waals surface area contributed by atoms with Crippen LogP contribution in [0.4, 0.5) is 0 Å². The number of rotatable bonds is 13. The van der Waals surface area contributed by atoms with Gasteiger partial charge >= 0.3 is 17.9 Å². The van der Waals surface area contributed by atoms with Crippen LogP contribution >= 0.6 is 0 Å². The Bertz CT molecular complexity index is 825. The molecule has 6 heteroatoms. The minimum atomic E-state index is -1.16. The largest absolute Gasteiger partial charge is 0.465 e. The van der Waals surface area contributed by atoms with Crippen LogP contribution in [0.25, 0.3) is 0 Å². The van der Waals surface area contributed by atoms with Gasteiger partial charge < -0.3 is 14.2 Å². The Balaban J connectivity index is 2.13. The fraction of sp³-hybridized carbons (Fsp3) is 0.480. The maximum atomic E-state index is 13.0. The number of para-hydroxylation sites is 1. The molecule has 0 aliphatic carbocycles. The first-order valence-electron chi connectivity index (χ1n) is 10.9. The van der Waals surface area contributed by atoms with Gasteiger partial charge in [-0.1, -0.05) is 57.5 Å². The molecule has 1 heterocycles. The summed E-state index contributed by atoms with van der Waals surface area (Å²) in [5, 5.41) is 0. The molecule has 31 heavy (non-hydrogen) atoms. The average molecular weight is 429 g/mol. The first kappa shape index (κ1) is 24.4.